The SMILES string of the molecule is COc1cc(F)c(OC2CCC(C)(C(=O)OCc3cccc4ccccc34)CC2)cc1C(=O)NC1C2C=CC(C2)C1C(=O)O. The summed E-state index contributed by atoms with van der Waals surface area (Å²) < 4.78 is 32.2. The third-order valence-corrected chi connectivity index (χ3v) is 9.60. The minimum atomic E-state index is -0.955. The number of amides is 1. The van der Waals surface area contributed by atoms with E-state index in [-0.39, 0.29) is 47.6 Å². The summed E-state index contributed by atoms with van der Waals surface area (Å²) in [5.41, 5.74) is 0.323. The highest BCUT2D eigenvalue weighted by molar-refractivity contribution is 5.98. The lowest BCUT2D eigenvalue weighted by Crippen LogP contribution is -2.45. The number of carboxylic acid groups (broad SMARTS) is 1. The summed E-state index contributed by atoms with van der Waals surface area (Å²) in [6.07, 6.45) is 6.18. The fourth-order valence-electron chi connectivity index (χ4n) is 7.02. The first-order valence-electron chi connectivity index (χ1n) is 15.1. The van der Waals surface area contributed by atoms with E-state index in [1.807, 2.05) is 61.5 Å². The molecule has 2 fully saturated rings. The van der Waals surface area contributed by atoms with Crippen molar-refractivity contribution in [2.24, 2.45) is 23.2 Å². The van der Waals surface area contributed by atoms with E-state index in [2.05, 4.69) is 5.32 Å². The van der Waals surface area contributed by atoms with E-state index in [1.165, 1.54) is 13.2 Å². The van der Waals surface area contributed by atoms with Crippen LogP contribution in [0.15, 0.2) is 66.7 Å². The number of carboxylic acids is 1. The lowest BCUT2D eigenvalue weighted by atomic mass is 9.74. The Hall–Kier alpha value is -4.40. The number of esters is 1. The Morgan fingerprint density at radius 3 is 2.48 bits per heavy atom. The van der Waals surface area contributed by atoms with Crippen LogP contribution in [-0.4, -0.2) is 42.2 Å². The number of halogens is 1. The number of methoxy groups -OCH3 is 1. The number of rotatable bonds is 9. The van der Waals surface area contributed by atoms with Crippen molar-refractivity contribution in [1.29, 1.82) is 0 Å². The predicted molar refractivity (Wildman–Crippen MR) is 161 cm³/mol. The van der Waals surface area contributed by atoms with Gasteiger partial charge in [-0.05, 0) is 73.3 Å². The number of hydrogen-bond acceptors (Lipinski definition) is 6. The van der Waals surface area contributed by atoms with Gasteiger partial charge < -0.3 is 24.6 Å². The molecule has 44 heavy (non-hydrogen) atoms. The standard InChI is InChI=1S/C35H36FNO7/c1-35(34(41)43-19-23-8-5-7-20-6-3-4-9-25(20)23)14-12-24(13-15-35)44-29-17-26(28(42-2)18-27(29)36)32(38)37-31-22-11-10-21(16-22)30(31)33(39)40/h3-11,17-18,21-22,24,30-31H,12-16,19H2,1-2H3,(H,37,38)(H,39,40). The van der Waals surface area contributed by atoms with E-state index in [4.69, 9.17) is 14.2 Å². The number of fused-ring (bicyclic) bond motifs is 3. The van der Waals surface area contributed by atoms with Crippen molar-refractivity contribution in [3.63, 3.8) is 0 Å². The lowest BCUT2D eigenvalue weighted by Gasteiger charge is -2.35. The highest BCUT2D eigenvalue weighted by atomic mass is 19.1. The fourth-order valence-corrected chi connectivity index (χ4v) is 7.02. The van der Waals surface area contributed by atoms with Gasteiger partial charge in [-0.15, -0.1) is 0 Å². The molecule has 8 nitrogen and oxygen atoms in total. The van der Waals surface area contributed by atoms with Gasteiger partial charge in [0.1, 0.15) is 12.4 Å². The van der Waals surface area contributed by atoms with Gasteiger partial charge in [0.25, 0.3) is 5.91 Å². The molecule has 3 aromatic carbocycles. The number of nitrogens with one attached hydrogen (secondary N) is 1. The summed E-state index contributed by atoms with van der Waals surface area (Å²) in [7, 11) is 1.34. The van der Waals surface area contributed by atoms with Gasteiger partial charge in [0.15, 0.2) is 11.6 Å². The second kappa shape index (κ2) is 11.9. The molecule has 1 amide bonds. The Balaban J connectivity index is 1.09. The van der Waals surface area contributed by atoms with Crippen LogP contribution >= 0.6 is 0 Å². The van der Waals surface area contributed by atoms with Crippen molar-refractivity contribution in [2.75, 3.05) is 7.11 Å². The van der Waals surface area contributed by atoms with Gasteiger partial charge in [0.2, 0.25) is 0 Å². The third-order valence-electron chi connectivity index (χ3n) is 9.60. The molecule has 6 rings (SSSR count). The molecule has 0 saturated heterocycles. The summed E-state index contributed by atoms with van der Waals surface area (Å²) in [5.74, 6) is -3.41. The third kappa shape index (κ3) is 5.63. The molecule has 9 heteroatoms. The molecule has 3 aliphatic carbocycles. The minimum Gasteiger partial charge on any atom is -0.496 e. The van der Waals surface area contributed by atoms with Crippen molar-refractivity contribution < 1.29 is 38.1 Å². The van der Waals surface area contributed by atoms with E-state index in [0.29, 0.717) is 32.1 Å². The van der Waals surface area contributed by atoms with Gasteiger partial charge in [-0.2, -0.15) is 0 Å². The zero-order valence-electron chi connectivity index (χ0n) is 24.8. The number of ether oxygens (including phenoxy) is 3. The van der Waals surface area contributed by atoms with Crippen molar-refractivity contribution in [3.05, 3.63) is 83.7 Å². The van der Waals surface area contributed by atoms with E-state index in [9.17, 15) is 19.5 Å². The van der Waals surface area contributed by atoms with Gasteiger partial charge in [-0.1, -0.05) is 54.6 Å². The number of carbonyl (C=O) groups excluding carboxylic acids is 2. The Morgan fingerprint density at radius 1 is 1.00 bits per heavy atom. The topological polar surface area (TPSA) is 111 Å². The molecule has 3 aromatic rings. The molecule has 4 unspecified atom stereocenters. The Bertz CT molecular complexity index is 1620. The summed E-state index contributed by atoms with van der Waals surface area (Å²) in [5, 5.41) is 14.7. The number of hydrogen-bond donors (Lipinski definition) is 2. The zero-order chi connectivity index (χ0) is 31.0. The average molecular weight is 602 g/mol. The predicted octanol–water partition coefficient (Wildman–Crippen LogP) is 6.06. The Kier molecular flexibility index (Phi) is 8.05. The molecule has 3 aliphatic rings. The molecular formula is C35H36FNO7. The first-order chi connectivity index (χ1) is 21.2. The second-order valence-electron chi connectivity index (χ2n) is 12.4. The summed E-state index contributed by atoms with van der Waals surface area (Å²) in [6, 6.07) is 15.8. The molecule has 230 valence electrons. The zero-order valence-corrected chi connectivity index (χ0v) is 24.8. The van der Waals surface area contributed by atoms with Crippen LogP contribution < -0.4 is 14.8 Å². The number of aliphatic carboxylic acids is 1. The Labute approximate surface area is 255 Å². The van der Waals surface area contributed by atoms with Crippen LogP contribution in [0.1, 0.15) is 54.9 Å². The monoisotopic (exact) mass is 601 g/mol. The maximum atomic E-state index is 15.1. The lowest BCUT2D eigenvalue weighted by molar-refractivity contribution is -0.159. The molecule has 2 N–H and O–H groups in total. The highest BCUT2D eigenvalue weighted by Gasteiger charge is 2.49. The first kappa shape index (κ1) is 29.7. The maximum Gasteiger partial charge on any atom is 0.312 e. The normalized spacial score (nSPS) is 27.2. The van der Waals surface area contributed by atoms with Crippen LogP contribution in [0, 0.1) is 29.0 Å². The van der Waals surface area contributed by atoms with Crippen molar-refractivity contribution in [3.8, 4) is 11.5 Å². The number of allylic oxidation sites excluding steroid dienone is 1. The Morgan fingerprint density at radius 2 is 1.73 bits per heavy atom. The number of carbonyl (C=O) groups is 3. The summed E-state index contributed by atoms with van der Waals surface area (Å²) in [4.78, 5) is 38.4. The summed E-state index contributed by atoms with van der Waals surface area (Å²) in [6.45, 7) is 2.07. The van der Waals surface area contributed by atoms with E-state index in [0.717, 1.165) is 22.4 Å². The van der Waals surface area contributed by atoms with E-state index in [1.54, 1.807) is 0 Å². The number of benzene rings is 3. The quantitative estimate of drug-likeness (QED) is 0.226. The molecule has 0 heterocycles. The molecule has 2 saturated carbocycles. The van der Waals surface area contributed by atoms with Crippen LogP contribution in [0.2, 0.25) is 0 Å². The fraction of sp³-hybridized carbons (Fsp3) is 0.400. The highest BCUT2D eigenvalue weighted by Crippen LogP contribution is 2.44. The average Bonchev–Trinajstić information content (AvgIpc) is 3.64. The first-order valence-corrected chi connectivity index (χ1v) is 15.1. The van der Waals surface area contributed by atoms with Crippen molar-refractivity contribution in [2.45, 2.75) is 57.8 Å². The van der Waals surface area contributed by atoms with Gasteiger partial charge in [-0.25, -0.2) is 4.39 Å². The maximum absolute atomic E-state index is 15.1. The van der Waals surface area contributed by atoms with E-state index >= 15 is 4.39 Å². The van der Waals surface area contributed by atoms with Crippen molar-refractivity contribution >= 4 is 28.6 Å². The van der Waals surface area contributed by atoms with Gasteiger partial charge >= 0.3 is 11.9 Å². The van der Waals surface area contributed by atoms with Crippen LogP contribution in [0.4, 0.5) is 4.39 Å². The van der Waals surface area contributed by atoms with Crippen LogP contribution in [0.25, 0.3) is 10.8 Å². The van der Waals surface area contributed by atoms with Gasteiger partial charge in [-0.3, -0.25) is 14.4 Å². The molecule has 0 radical (unpaired) electrons. The van der Waals surface area contributed by atoms with Crippen LogP contribution in [0.3, 0.4) is 0 Å². The molecule has 0 aromatic heterocycles. The van der Waals surface area contributed by atoms with Gasteiger partial charge in [0, 0.05) is 12.1 Å². The van der Waals surface area contributed by atoms with Gasteiger partial charge in [0.05, 0.1) is 30.1 Å². The largest absolute Gasteiger partial charge is 0.496 e. The molecule has 0 spiro atoms. The smallest absolute Gasteiger partial charge is 0.312 e. The van der Waals surface area contributed by atoms with E-state index < -0.39 is 35.1 Å². The molecular weight excluding hydrogens is 565 g/mol. The van der Waals surface area contributed by atoms with Crippen molar-refractivity contribution in [1.82, 2.24) is 5.32 Å². The molecule has 2 bridgehead atoms. The summed E-state index contributed by atoms with van der Waals surface area (Å²) >= 11 is 0. The molecule has 4 atom stereocenters. The van der Waals surface area contributed by atoms with Crippen LogP contribution in [-0.2, 0) is 20.9 Å². The minimum absolute atomic E-state index is 0.0306. The second-order valence-corrected chi connectivity index (χ2v) is 12.4. The van der Waals surface area contributed by atoms with Crippen LogP contribution in [0.5, 0.6) is 11.5 Å². The molecule has 0 aliphatic heterocycles.